The minimum Gasteiger partial charge on any atom is -0.292 e. The Morgan fingerprint density at radius 2 is 1.67 bits per heavy atom. The molecular formula is C21H25N5O. The highest BCUT2D eigenvalue weighted by Gasteiger charge is 2.14. The van der Waals surface area contributed by atoms with Crippen LogP contribution in [-0.4, -0.2) is 14.5 Å². The zero-order valence-electron chi connectivity index (χ0n) is 16.0. The average Bonchev–Trinajstić information content (AvgIpc) is 3.33. The van der Waals surface area contributed by atoms with Gasteiger partial charge in [0.25, 0.3) is 0 Å². The quantitative estimate of drug-likeness (QED) is 0.644. The molecule has 6 heteroatoms. The lowest BCUT2D eigenvalue weighted by Gasteiger charge is -2.16. The topological polar surface area (TPSA) is 85.8 Å². The number of hydrogen-bond donors (Lipinski definition) is 2. The Morgan fingerprint density at radius 1 is 1.07 bits per heavy atom. The number of hydrogen-bond acceptors (Lipinski definition) is 5. The molecule has 0 aliphatic heterocycles. The van der Waals surface area contributed by atoms with Gasteiger partial charge in [0, 0.05) is 0 Å². The van der Waals surface area contributed by atoms with E-state index < -0.39 is 0 Å². The van der Waals surface area contributed by atoms with Crippen LogP contribution in [0.5, 0.6) is 0 Å². The minimum atomic E-state index is -0.374. The van der Waals surface area contributed by atoms with Crippen molar-refractivity contribution in [1.29, 1.82) is 0 Å². The van der Waals surface area contributed by atoms with Crippen molar-refractivity contribution in [3.05, 3.63) is 81.1 Å². The molecule has 140 valence electrons. The van der Waals surface area contributed by atoms with E-state index in [0.717, 1.165) is 29.7 Å². The summed E-state index contributed by atoms with van der Waals surface area (Å²) < 4.78 is 1.55. The minimum absolute atomic E-state index is 0.135. The third-order valence-electron chi connectivity index (χ3n) is 4.73. The molecule has 2 aromatic rings. The van der Waals surface area contributed by atoms with Crippen LogP contribution in [0.2, 0.25) is 0 Å². The summed E-state index contributed by atoms with van der Waals surface area (Å²) >= 11 is 0. The van der Waals surface area contributed by atoms with Gasteiger partial charge < -0.3 is 0 Å². The molecule has 6 nitrogen and oxygen atoms in total. The number of para-hydroxylation sites is 1. The van der Waals surface area contributed by atoms with Crippen molar-refractivity contribution in [2.75, 3.05) is 5.43 Å². The van der Waals surface area contributed by atoms with Crippen molar-refractivity contribution >= 4 is 5.95 Å². The maximum Gasteiger partial charge on any atom is 0.356 e. The molecule has 0 unspecified atom stereocenters. The first-order chi connectivity index (χ1) is 13.1. The first-order valence-electron chi connectivity index (χ1n) is 9.20. The lowest BCUT2D eigenvalue weighted by molar-refractivity contribution is 0.792. The Bertz CT molecular complexity index is 956. The van der Waals surface area contributed by atoms with E-state index in [1.54, 1.807) is 11.5 Å². The Balaban J connectivity index is 0.000000246. The molecule has 0 fully saturated rings. The first kappa shape index (κ1) is 18.8. The maximum absolute atomic E-state index is 12.3. The summed E-state index contributed by atoms with van der Waals surface area (Å²) in [6.45, 7) is 5.90. The number of anilines is 1. The van der Waals surface area contributed by atoms with Crippen LogP contribution in [0.25, 0.3) is 5.69 Å². The fourth-order valence-corrected chi connectivity index (χ4v) is 3.34. The monoisotopic (exact) mass is 363 g/mol. The lowest BCUT2D eigenvalue weighted by Crippen LogP contribution is -2.29. The van der Waals surface area contributed by atoms with Crippen LogP contribution >= 0.6 is 0 Å². The highest BCUT2D eigenvalue weighted by atomic mass is 16.1. The molecule has 1 heterocycles. The smallest absolute Gasteiger partial charge is 0.292 e. The van der Waals surface area contributed by atoms with Crippen LogP contribution in [0, 0.1) is 6.92 Å². The van der Waals surface area contributed by atoms with Gasteiger partial charge in [-0.05, 0) is 48.5 Å². The van der Waals surface area contributed by atoms with Crippen LogP contribution in [0.4, 0.5) is 5.95 Å². The molecule has 27 heavy (non-hydrogen) atoms. The second kappa shape index (κ2) is 8.14. The van der Waals surface area contributed by atoms with Gasteiger partial charge in [-0.15, -0.1) is 0 Å². The van der Waals surface area contributed by atoms with Gasteiger partial charge in [0.15, 0.2) is 0 Å². The largest absolute Gasteiger partial charge is 0.356 e. The fraction of sp³-hybridized carbons (Fsp3) is 0.286. The van der Waals surface area contributed by atoms with E-state index in [2.05, 4.69) is 53.5 Å². The highest BCUT2D eigenvalue weighted by molar-refractivity contribution is 5.50. The third-order valence-corrected chi connectivity index (χ3v) is 4.73. The average molecular weight is 363 g/mol. The number of nitrogen functional groups attached to an aromatic ring is 1. The highest BCUT2D eigenvalue weighted by Crippen LogP contribution is 2.27. The fourth-order valence-electron chi connectivity index (χ4n) is 3.34. The van der Waals surface area contributed by atoms with E-state index >= 15 is 0 Å². The van der Waals surface area contributed by atoms with Crippen LogP contribution in [0.3, 0.4) is 0 Å². The number of nitrogens with one attached hydrogen (secondary N) is 1. The molecule has 0 spiro atoms. The van der Waals surface area contributed by atoms with Crippen molar-refractivity contribution in [3.8, 4) is 5.69 Å². The maximum atomic E-state index is 12.3. The van der Waals surface area contributed by atoms with Gasteiger partial charge in [0.05, 0.1) is 5.69 Å². The Morgan fingerprint density at radius 3 is 2.04 bits per heavy atom. The summed E-state index contributed by atoms with van der Waals surface area (Å²) in [5.74, 6) is 5.96. The summed E-state index contributed by atoms with van der Waals surface area (Å²) in [5, 5.41) is 0. The summed E-state index contributed by atoms with van der Waals surface area (Å²) in [4.78, 5) is 20.3. The van der Waals surface area contributed by atoms with Crippen LogP contribution in [0.15, 0.2) is 58.4 Å². The van der Waals surface area contributed by atoms with Gasteiger partial charge >= 0.3 is 5.69 Å². The molecule has 0 saturated heterocycles. The molecule has 4 rings (SSSR count). The number of rotatable bonds is 4. The van der Waals surface area contributed by atoms with Crippen molar-refractivity contribution in [3.63, 3.8) is 0 Å². The summed E-state index contributed by atoms with van der Waals surface area (Å²) in [6, 6.07) is 6.06. The lowest BCUT2D eigenvalue weighted by atomic mass is 10.0. The molecule has 2 aliphatic carbocycles. The van der Waals surface area contributed by atoms with Crippen molar-refractivity contribution in [1.82, 2.24) is 14.5 Å². The Kier molecular flexibility index (Phi) is 5.66. The first-order valence-corrected chi connectivity index (χ1v) is 9.20. The van der Waals surface area contributed by atoms with Crippen LogP contribution in [0.1, 0.15) is 37.2 Å². The summed E-state index contributed by atoms with van der Waals surface area (Å²) in [7, 11) is 0. The number of aryl methyl sites for hydroxylation is 3. The van der Waals surface area contributed by atoms with E-state index in [1.807, 2.05) is 18.2 Å². The zero-order valence-corrected chi connectivity index (χ0v) is 16.0. The van der Waals surface area contributed by atoms with Crippen molar-refractivity contribution < 1.29 is 0 Å². The number of aromatic nitrogens is 3. The van der Waals surface area contributed by atoms with Crippen molar-refractivity contribution in [2.24, 2.45) is 5.84 Å². The van der Waals surface area contributed by atoms with Crippen LogP contribution in [-0.2, 0) is 12.8 Å². The number of nitrogens with zero attached hydrogens (tertiary/aromatic N) is 3. The predicted octanol–water partition coefficient (Wildman–Crippen LogP) is 3.16. The van der Waals surface area contributed by atoms with E-state index in [-0.39, 0.29) is 11.6 Å². The summed E-state index contributed by atoms with van der Waals surface area (Å²) in [5.41, 5.74) is 7.97. The van der Waals surface area contributed by atoms with E-state index in [0.29, 0.717) is 5.82 Å². The van der Waals surface area contributed by atoms with E-state index in [9.17, 15) is 4.79 Å². The number of benzene rings is 1. The summed E-state index contributed by atoms with van der Waals surface area (Å²) in [6.07, 6.45) is 11.6. The van der Waals surface area contributed by atoms with Crippen molar-refractivity contribution in [2.45, 2.75) is 40.0 Å². The van der Waals surface area contributed by atoms with Crippen LogP contribution < -0.4 is 17.0 Å². The Hall–Kier alpha value is -2.99. The third kappa shape index (κ3) is 3.90. The molecule has 2 bridgehead atoms. The van der Waals surface area contributed by atoms with Gasteiger partial charge in [0.1, 0.15) is 5.82 Å². The number of hydrazine groups is 1. The standard InChI is InChI=1S/C14H19N5O.C7H6/c1-4-10-7-6-8-11(5-2)12(10)19-9(3)16-13(18-15)17-14(19)20;1-2-7-4-3-6(1)5-7/h6-8H,4-5,15H2,1-3H3,(H,17,18,20);1-4H,5H2. The van der Waals surface area contributed by atoms with Gasteiger partial charge in [-0.2, -0.15) is 9.97 Å². The molecule has 0 atom stereocenters. The van der Waals surface area contributed by atoms with Gasteiger partial charge in [-0.1, -0.05) is 56.4 Å². The molecule has 3 N–H and O–H groups in total. The molecular weight excluding hydrogens is 338 g/mol. The Labute approximate surface area is 159 Å². The zero-order chi connectivity index (χ0) is 19.4. The second-order valence-electron chi connectivity index (χ2n) is 6.48. The molecule has 2 aliphatic rings. The molecule has 0 saturated carbocycles. The van der Waals surface area contributed by atoms with E-state index in [1.165, 1.54) is 17.6 Å². The second-order valence-corrected chi connectivity index (χ2v) is 6.48. The molecule has 0 amide bonds. The number of fused-ring (bicyclic) bond motifs is 2. The molecule has 1 aromatic heterocycles. The van der Waals surface area contributed by atoms with Gasteiger partial charge in [-0.25, -0.2) is 15.2 Å². The van der Waals surface area contributed by atoms with Gasteiger partial charge in [0.2, 0.25) is 5.95 Å². The number of nitrogens with two attached hydrogens (primary N) is 1. The normalized spacial score (nSPS) is 13.8. The molecule has 1 aromatic carbocycles. The SMILES string of the molecule is C1=CC2=CC=C1C2.CCc1cccc(CC)c1-n1c(C)nc(NN)nc1=O. The predicted molar refractivity (Wildman–Crippen MR) is 109 cm³/mol. The van der Waals surface area contributed by atoms with Gasteiger partial charge in [-0.3, -0.25) is 5.43 Å². The van der Waals surface area contributed by atoms with E-state index in [4.69, 9.17) is 5.84 Å². The molecule has 0 radical (unpaired) electrons. The number of allylic oxidation sites excluding steroid dienone is 6.